The van der Waals surface area contributed by atoms with Crippen LogP contribution in [0.15, 0.2) is 42.7 Å². The SMILES string of the molecule is N[C@H](CO)Cc1ccc(-c2cccnc2)cc1F. The lowest BCUT2D eigenvalue weighted by atomic mass is 10.0. The highest BCUT2D eigenvalue weighted by molar-refractivity contribution is 5.62. The van der Waals surface area contributed by atoms with Crippen LogP contribution < -0.4 is 5.73 Å². The van der Waals surface area contributed by atoms with E-state index in [1.54, 1.807) is 18.5 Å². The molecule has 0 saturated carbocycles. The highest BCUT2D eigenvalue weighted by Crippen LogP contribution is 2.21. The molecule has 94 valence electrons. The third-order valence-corrected chi connectivity index (χ3v) is 2.76. The van der Waals surface area contributed by atoms with Gasteiger partial charge in [-0.05, 0) is 29.7 Å². The van der Waals surface area contributed by atoms with Crippen LogP contribution in [0.25, 0.3) is 11.1 Å². The molecule has 1 atom stereocenters. The molecule has 1 aromatic heterocycles. The van der Waals surface area contributed by atoms with E-state index in [0.717, 1.165) is 11.1 Å². The maximum absolute atomic E-state index is 13.9. The molecule has 0 unspecified atom stereocenters. The van der Waals surface area contributed by atoms with Gasteiger partial charge in [-0.15, -0.1) is 0 Å². The van der Waals surface area contributed by atoms with Crippen molar-refractivity contribution < 1.29 is 9.50 Å². The Balaban J connectivity index is 2.25. The summed E-state index contributed by atoms with van der Waals surface area (Å²) in [6, 6.07) is 8.26. The first kappa shape index (κ1) is 12.7. The molecule has 18 heavy (non-hydrogen) atoms. The van der Waals surface area contributed by atoms with Gasteiger partial charge in [0.15, 0.2) is 0 Å². The predicted molar refractivity (Wildman–Crippen MR) is 68.4 cm³/mol. The first-order chi connectivity index (χ1) is 8.70. The zero-order valence-corrected chi connectivity index (χ0v) is 9.88. The minimum Gasteiger partial charge on any atom is -0.395 e. The lowest BCUT2D eigenvalue weighted by Crippen LogP contribution is -2.27. The van der Waals surface area contributed by atoms with Gasteiger partial charge in [0, 0.05) is 24.0 Å². The summed E-state index contributed by atoms with van der Waals surface area (Å²) in [4.78, 5) is 4.00. The Morgan fingerprint density at radius 3 is 2.72 bits per heavy atom. The molecular weight excluding hydrogens is 231 g/mol. The number of hydrogen-bond acceptors (Lipinski definition) is 3. The summed E-state index contributed by atoms with van der Waals surface area (Å²) in [5, 5.41) is 8.86. The van der Waals surface area contributed by atoms with E-state index in [0.29, 0.717) is 12.0 Å². The van der Waals surface area contributed by atoms with Gasteiger partial charge in [0.25, 0.3) is 0 Å². The van der Waals surface area contributed by atoms with Gasteiger partial charge in [0.05, 0.1) is 6.61 Å². The van der Waals surface area contributed by atoms with Crippen LogP contribution in [0, 0.1) is 5.82 Å². The summed E-state index contributed by atoms with van der Waals surface area (Å²) in [6.45, 7) is -0.149. The van der Waals surface area contributed by atoms with Gasteiger partial charge in [-0.25, -0.2) is 4.39 Å². The molecule has 0 aliphatic carbocycles. The smallest absolute Gasteiger partial charge is 0.127 e. The Hall–Kier alpha value is -1.78. The van der Waals surface area contributed by atoms with Crippen molar-refractivity contribution in [1.82, 2.24) is 4.98 Å². The molecule has 0 aliphatic rings. The van der Waals surface area contributed by atoms with Crippen molar-refractivity contribution in [2.75, 3.05) is 6.61 Å². The van der Waals surface area contributed by atoms with E-state index in [2.05, 4.69) is 4.98 Å². The molecule has 0 fully saturated rings. The number of aliphatic hydroxyl groups excluding tert-OH is 1. The van der Waals surface area contributed by atoms with Crippen molar-refractivity contribution in [3.8, 4) is 11.1 Å². The van der Waals surface area contributed by atoms with Crippen LogP contribution in [-0.4, -0.2) is 22.7 Å². The maximum Gasteiger partial charge on any atom is 0.127 e. The molecule has 0 aliphatic heterocycles. The van der Waals surface area contributed by atoms with Crippen molar-refractivity contribution in [1.29, 1.82) is 0 Å². The van der Waals surface area contributed by atoms with Crippen molar-refractivity contribution in [2.24, 2.45) is 5.73 Å². The van der Waals surface area contributed by atoms with Crippen LogP contribution in [0.2, 0.25) is 0 Å². The fourth-order valence-electron chi connectivity index (χ4n) is 1.77. The largest absolute Gasteiger partial charge is 0.395 e. The molecule has 0 radical (unpaired) electrons. The fraction of sp³-hybridized carbons (Fsp3) is 0.214. The molecule has 1 heterocycles. The Morgan fingerprint density at radius 2 is 2.11 bits per heavy atom. The van der Waals surface area contributed by atoms with Crippen LogP contribution in [0.1, 0.15) is 5.56 Å². The fourth-order valence-corrected chi connectivity index (χ4v) is 1.77. The van der Waals surface area contributed by atoms with Crippen LogP contribution in [0.3, 0.4) is 0 Å². The van der Waals surface area contributed by atoms with Crippen molar-refractivity contribution in [3.63, 3.8) is 0 Å². The number of hydrogen-bond donors (Lipinski definition) is 2. The Kier molecular flexibility index (Phi) is 4.02. The standard InChI is InChI=1S/C14H15FN2O/c15-14-7-10(12-2-1-5-17-8-12)3-4-11(14)6-13(16)9-18/h1-5,7-8,13,18H,6,9,16H2/t13-/m0/s1. The number of pyridine rings is 1. The van der Waals surface area contributed by atoms with E-state index >= 15 is 0 Å². The molecule has 0 saturated heterocycles. The summed E-state index contributed by atoms with van der Waals surface area (Å²) < 4.78 is 13.9. The maximum atomic E-state index is 13.9. The molecule has 4 heteroatoms. The monoisotopic (exact) mass is 246 g/mol. The minimum absolute atomic E-state index is 0.149. The first-order valence-electron chi connectivity index (χ1n) is 5.76. The molecule has 0 bridgehead atoms. The molecule has 0 amide bonds. The van der Waals surface area contributed by atoms with E-state index < -0.39 is 6.04 Å². The topological polar surface area (TPSA) is 59.1 Å². The number of nitrogens with two attached hydrogens (primary N) is 1. The average molecular weight is 246 g/mol. The number of nitrogens with zero attached hydrogens (tertiary/aromatic N) is 1. The normalized spacial score (nSPS) is 12.4. The van der Waals surface area contributed by atoms with E-state index in [4.69, 9.17) is 10.8 Å². The van der Waals surface area contributed by atoms with Gasteiger partial charge in [-0.2, -0.15) is 0 Å². The third-order valence-electron chi connectivity index (χ3n) is 2.76. The van der Waals surface area contributed by atoms with Gasteiger partial charge < -0.3 is 10.8 Å². The lowest BCUT2D eigenvalue weighted by Gasteiger charge is -2.10. The molecular formula is C14H15FN2O. The van der Waals surface area contributed by atoms with E-state index in [-0.39, 0.29) is 12.4 Å². The van der Waals surface area contributed by atoms with E-state index in [1.165, 1.54) is 6.07 Å². The molecule has 2 rings (SSSR count). The Morgan fingerprint density at radius 1 is 1.28 bits per heavy atom. The second-order valence-electron chi connectivity index (χ2n) is 4.19. The summed E-state index contributed by atoms with van der Waals surface area (Å²) in [6.07, 6.45) is 3.69. The summed E-state index contributed by atoms with van der Waals surface area (Å²) in [7, 11) is 0. The molecule has 3 nitrogen and oxygen atoms in total. The van der Waals surface area contributed by atoms with E-state index in [9.17, 15) is 4.39 Å². The van der Waals surface area contributed by atoms with E-state index in [1.807, 2.05) is 18.2 Å². The first-order valence-corrected chi connectivity index (χ1v) is 5.76. The van der Waals surface area contributed by atoms with Gasteiger partial charge >= 0.3 is 0 Å². The van der Waals surface area contributed by atoms with Gasteiger partial charge in [0.1, 0.15) is 5.82 Å². The third kappa shape index (κ3) is 2.91. The highest BCUT2D eigenvalue weighted by Gasteiger charge is 2.09. The average Bonchev–Trinajstić information content (AvgIpc) is 2.42. The van der Waals surface area contributed by atoms with Crippen molar-refractivity contribution in [3.05, 3.63) is 54.1 Å². The number of halogens is 1. The van der Waals surface area contributed by atoms with Crippen LogP contribution in [0.5, 0.6) is 0 Å². The molecule has 0 spiro atoms. The van der Waals surface area contributed by atoms with Gasteiger partial charge in [-0.3, -0.25) is 4.98 Å². The minimum atomic E-state index is -0.427. The number of aliphatic hydroxyl groups is 1. The van der Waals surface area contributed by atoms with Crippen molar-refractivity contribution in [2.45, 2.75) is 12.5 Å². The number of aromatic nitrogens is 1. The zero-order chi connectivity index (χ0) is 13.0. The number of benzene rings is 1. The zero-order valence-electron chi connectivity index (χ0n) is 9.88. The summed E-state index contributed by atoms with van der Waals surface area (Å²) >= 11 is 0. The number of rotatable bonds is 4. The molecule has 2 aromatic rings. The quantitative estimate of drug-likeness (QED) is 0.864. The van der Waals surface area contributed by atoms with Gasteiger partial charge in [0.2, 0.25) is 0 Å². The van der Waals surface area contributed by atoms with Crippen LogP contribution in [-0.2, 0) is 6.42 Å². The highest BCUT2D eigenvalue weighted by atomic mass is 19.1. The lowest BCUT2D eigenvalue weighted by molar-refractivity contribution is 0.264. The Labute approximate surface area is 105 Å². The van der Waals surface area contributed by atoms with Crippen molar-refractivity contribution >= 4 is 0 Å². The Bertz CT molecular complexity index is 516. The summed E-state index contributed by atoms with van der Waals surface area (Å²) in [5.74, 6) is -0.305. The second-order valence-corrected chi connectivity index (χ2v) is 4.19. The van der Waals surface area contributed by atoms with Crippen LogP contribution in [0.4, 0.5) is 4.39 Å². The summed E-state index contributed by atoms with van der Waals surface area (Å²) in [5.41, 5.74) is 7.76. The van der Waals surface area contributed by atoms with Crippen LogP contribution >= 0.6 is 0 Å². The second kappa shape index (κ2) is 5.71. The van der Waals surface area contributed by atoms with Gasteiger partial charge in [-0.1, -0.05) is 18.2 Å². The predicted octanol–water partition coefficient (Wildman–Crippen LogP) is 1.75. The molecule has 3 N–H and O–H groups in total. The molecule has 1 aromatic carbocycles.